The molecule has 17 heavy (non-hydrogen) atoms. The van der Waals surface area contributed by atoms with E-state index in [9.17, 15) is 4.79 Å². The standard InChI is InChI=1S/C11H15IN2O3/c1-8-10(12)11(15)14(7-13-8)4-3-9-16-5-2-6-17-9/h7,9H,2-6H2,1H3. The highest BCUT2D eigenvalue weighted by atomic mass is 127. The van der Waals surface area contributed by atoms with Crippen LogP contribution in [-0.2, 0) is 16.0 Å². The molecule has 6 heteroatoms. The first-order chi connectivity index (χ1) is 8.18. The van der Waals surface area contributed by atoms with Gasteiger partial charge in [0, 0.05) is 13.0 Å². The van der Waals surface area contributed by atoms with Crippen molar-refractivity contribution in [1.82, 2.24) is 9.55 Å². The number of rotatable bonds is 3. The minimum absolute atomic E-state index is 0.00825. The second-order valence-corrected chi connectivity index (χ2v) is 5.03. The molecule has 0 unspecified atom stereocenters. The molecule has 2 heterocycles. The van der Waals surface area contributed by atoms with Crippen LogP contribution in [0.4, 0.5) is 0 Å². The van der Waals surface area contributed by atoms with Gasteiger partial charge >= 0.3 is 0 Å². The molecule has 94 valence electrons. The summed E-state index contributed by atoms with van der Waals surface area (Å²) in [6.07, 6.45) is 3.03. The van der Waals surface area contributed by atoms with E-state index in [2.05, 4.69) is 4.98 Å². The van der Waals surface area contributed by atoms with E-state index in [0.29, 0.717) is 16.5 Å². The Morgan fingerprint density at radius 2 is 2.24 bits per heavy atom. The molecule has 1 fully saturated rings. The highest BCUT2D eigenvalue weighted by molar-refractivity contribution is 14.1. The van der Waals surface area contributed by atoms with Crippen LogP contribution in [0, 0.1) is 10.5 Å². The van der Waals surface area contributed by atoms with Crippen LogP contribution < -0.4 is 5.56 Å². The van der Waals surface area contributed by atoms with Crippen LogP contribution in [0.1, 0.15) is 18.5 Å². The van der Waals surface area contributed by atoms with Gasteiger partial charge in [-0.2, -0.15) is 0 Å². The zero-order chi connectivity index (χ0) is 12.3. The molecule has 1 aromatic rings. The Morgan fingerprint density at radius 3 is 2.94 bits per heavy atom. The topological polar surface area (TPSA) is 53.4 Å². The van der Waals surface area contributed by atoms with Crippen molar-refractivity contribution in [2.45, 2.75) is 32.6 Å². The molecule has 0 N–H and O–H groups in total. The van der Waals surface area contributed by atoms with Crippen LogP contribution in [-0.4, -0.2) is 29.1 Å². The van der Waals surface area contributed by atoms with Crippen LogP contribution >= 0.6 is 22.6 Å². The third-order valence-electron chi connectivity index (χ3n) is 2.66. The lowest BCUT2D eigenvalue weighted by molar-refractivity contribution is -0.182. The molecule has 1 aliphatic heterocycles. The van der Waals surface area contributed by atoms with Crippen LogP contribution in [0.25, 0.3) is 0 Å². The summed E-state index contributed by atoms with van der Waals surface area (Å²) in [6, 6.07) is 0. The highest BCUT2D eigenvalue weighted by Crippen LogP contribution is 2.09. The fourth-order valence-electron chi connectivity index (χ4n) is 1.65. The van der Waals surface area contributed by atoms with E-state index in [0.717, 1.165) is 25.3 Å². The van der Waals surface area contributed by atoms with E-state index < -0.39 is 0 Å². The summed E-state index contributed by atoms with van der Waals surface area (Å²) in [5, 5.41) is 0. The van der Waals surface area contributed by atoms with Gasteiger partial charge in [-0.05, 0) is 35.9 Å². The van der Waals surface area contributed by atoms with Crippen molar-refractivity contribution in [2.75, 3.05) is 13.2 Å². The van der Waals surface area contributed by atoms with Crippen molar-refractivity contribution < 1.29 is 9.47 Å². The van der Waals surface area contributed by atoms with Crippen molar-refractivity contribution in [2.24, 2.45) is 0 Å². The molecule has 1 aromatic heterocycles. The molecular formula is C11H15IN2O3. The molecule has 0 saturated carbocycles. The largest absolute Gasteiger partial charge is 0.353 e. The van der Waals surface area contributed by atoms with Gasteiger partial charge in [-0.1, -0.05) is 0 Å². The number of hydrogen-bond acceptors (Lipinski definition) is 4. The summed E-state index contributed by atoms with van der Waals surface area (Å²) in [4.78, 5) is 16.1. The van der Waals surface area contributed by atoms with Crippen molar-refractivity contribution in [1.29, 1.82) is 0 Å². The Morgan fingerprint density at radius 1 is 1.53 bits per heavy atom. The quantitative estimate of drug-likeness (QED) is 0.772. The van der Waals surface area contributed by atoms with Gasteiger partial charge in [0.25, 0.3) is 5.56 Å². The lowest BCUT2D eigenvalue weighted by atomic mass is 10.3. The molecule has 5 nitrogen and oxygen atoms in total. The van der Waals surface area contributed by atoms with E-state index in [1.165, 1.54) is 0 Å². The summed E-state index contributed by atoms with van der Waals surface area (Å²) >= 11 is 2.03. The maximum Gasteiger partial charge on any atom is 0.267 e. The first kappa shape index (κ1) is 13.0. The number of aromatic nitrogens is 2. The second-order valence-electron chi connectivity index (χ2n) is 3.96. The molecule has 1 aliphatic rings. The average molecular weight is 350 g/mol. The van der Waals surface area contributed by atoms with E-state index in [1.54, 1.807) is 10.9 Å². The number of halogens is 1. The Balaban J connectivity index is 1.99. The first-order valence-corrected chi connectivity index (χ1v) is 6.71. The molecule has 0 amide bonds. The molecule has 0 atom stereocenters. The second kappa shape index (κ2) is 5.92. The monoisotopic (exact) mass is 350 g/mol. The molecular weight excluding hydrogens is 335 g/mol. The van der Waals surface area contributed by atoms with Crippen LogP contribution in [0.5, 0.6) is 0 Å². The third kappa shape index (κ3) is 3.26. The normalized spacial score (nSPS) is 17.3. The van der Waals surface area contributed by atoms with E-state index in [-0.39, 0.29) is 11.8 Å². The van der Waals surface area contributed by atoms with Crippen molar-refractivity contribution in [3.63, 3.8) is 0 Å². The zero-order valence-electron chi connectivity index (χ0n) is 9.69. The average Bonchev–Trinajstić information content (AvgIpc) is 2.36. The number of hydrogen-bond donors (Lipinski definition) is 0. The van der Waals surface area contributed by atoms with E-state index >= 15 is 0 Å². The number of aryl methyl sites for hydroxylation is 2. The van der Waals surface area contributed by atoms with Crippen molar-refractivity contribution in [3.8, 4) is 0 Å². The lowest BCUT2D eigenvalue weighted by Gasteiger charge is -2.23. The lowest BCUT2D eigenvalue weighted by Crippen LogP contribution is -2.29. The van der Waals surface area contributed by atoms with Gasteiger partial charge in [-0.3, -0.25) is 9.36 Å². The summed E-state index contributed by atoms with van der Waals surface area (Å²) in [7, 11) is 0. The van der Waals surface area contributed by atoms with E-state index in [1.807, 2.05) is 29.5 Å². The maximum absolute atomic E-state index is 11.9. The van der Waals surface area contributed by atoms with Gasteiger partial charge in [0.2, 0.25) is 0 Å². The van der Waals surface area contributed by atoms with Crippen LogP contribution in [0.3, 0.4) is 0 Å². The Hall–Kier alpha value is -0.470. The van der Waals surface area contributed by atoms with Gasteiger partial charge in [-0.25, -0.2) is 4.98 Å². The smallest absolute Gasteiger partial charge is 0.267 e. The van der Waals surface area contributed by atoms with Crippen LogP contribution in [0.15, 0.2) is 11.1 Å². The van der Waals surface area contributed by atoms with Gasteiger partial charge in [0.05, 0.1) is 28.8 Å². The summed E-state index contributed by atoms with van der Waals surface area (Å²) in [6.45, 7) is 3.89. The third-order valence-corrected chi connectivity index (χ3v) is 3.90. The fraction of sp³-hybridized carbons (Fsp3) is 0.636. The maximum atomic E-state index is 11.9. The summed E-state index contributed by atoms with van der Waals surface area (Å²) in [5.74, 6) is 0. The molecule has 0 aromatic carbocycles. The predicted octanol–water partition coefficient (Wildman–Crippen LogP) is 1.31. The number of nitrogens with zero attached hydrogens (tertiary/aromatic N) is 2. The Bertz CT molecular complexity index is 441. The molecule has 0 radical (unpaired) electrons. The minimum atomic E-state index is -0.186. The van der Waals surface area contributed by atoms with Crippen molar-refractivity contribution >= 4 is 22.6 Å². The van der Waals surface area contributed by atoms with Gasteiger partial charge in [-0.15, -0.1) is 0 Å². The zero-order valence-corrected chi connectivity index (χ0v) is 11.8. The Kier molecular flexibility index (Phi) is 4.52. The molecule has 0 bridgehead atoms. The fourth-order valence-corrected chi connectivity index (χ4v) is 2.10. The SMILES string of the molecule is Cc1ncn(CCC2OCCCO2)c(=O)c1I. The van der Waals surface area contributed by atoms with Gasteiger partial charge in [0.1, 0.15) is 0 Å². The molecule has 0 spiro atoms. The minimum Gasteiger partial charge on any atom is -0.353 e. The van der Waals surface area contributed by atoms with Crippen molar-refractivity contribution in [3.05, 3.63) is 25.9 Å². The Labute approximate surface area is 113 Å². The summed E-state index contributed by atoms with van der Waals surface area (Å²) < 4.78 is 13.2. The van der Waals surface area contributed by atoms with Crippen LogP contribution in [0.2, 0.25) is 0 Å². The number of ether oxygens (including phenoxy) is 2. The van der Waals surface area contributed by atoms with Gasteiger partial charge < -0.3 is 9.47 Å². The predicted molar refractivity (Wildman–Crippen MR) is 70.9 cm³/mol. The van der Waals surface area contributed by atoms with Gasteiger partial charge in [0.15, 0.2) is 6.29 Å². The molecule has 1 saturated heterocycles. The van der Waals surface area contributed by atoms with E-state index in [4.69, 9.17) is 9.47 Å². The molecule has 0 aliphatic carbocycles. The molecule has 2 rings (SSSR count). The summed E-state index contributed by atoms with van der Waals surface area (Å²) in [5.41, 5.74) is 0.783. The highest BCUT2D eigenvalue weighted by Gasteiger charge is 2.14. The first-order valence-electron chi connectivity index (χ1n) is 5.63.